The first kappa shape index (κ1) is 24.3. The fraction of sp³-hybridized carbons (Fsp3) is 0.471. The van der Waals surface area contributed by atoms with Crippen molar-refractivity contribution in [3.05, 3.63) is 30.1 Å². The van der Waals surface area contributed by atoms with Crippen LogP contribution in [0.25, 0.3) is 0 Å². The summed E-state index contributed by atoms with van der Waals surface area (Å²) in [6, 6.07) is 3.43. The number of nitrogens with zero attached hydrogens (tertiary/aromatic N) is 5. The summed E-state index contributed by atoms with van der Waals surface area (Å²) in [5.74, 6) is -0.0653. The van der Waals surface area contributed by atoms with Crippen LogP contribution in [0, 0.1) is 0 Å². The predicted octanol–water partition coefficient (Wildman–Crippen LogP) is 4.68. The van der Waals surface area contributed by atoms with Crippen molar-refractivity contribution in [2.45, 2.75) is 44.4 Å². The minimum atomic E-state index is -5.96. The molecule has 3 rings (SSSR count). The van der Waals surface area contributed by atoms with Gasteiger partial charge in [0, 0.05) is 25.0 Å². The molecule has 8 nitrogen and oxygen atoms in total. The van der Waals surface area contributed by atoms with E-state index in [0.29, 0.717) is 11.5 Å². The van der Waals surface area contributed by atoms with Crippen molar-refractivity contribution in [3.63, 3.8) is 0 Å². The molecule has 0 saturated heterocycles. The summed E-state index contributed by atoms with van der Waals surface area (Å²) in [6.07, 6.45) is -8.75. The normalized spacial score (nSPS) is 14.4. The highest BCUT2D eigenvalue weighted by atomic mass is 127. The van der Waals surface area contributed by atoms with Gasteiger partial charge in [0.1, 0.15) is 21.3 Å². The lowest BCUT2D eigenvalue weighted by atomic mass is 10.0. The summed E-state index contributed by atoms with van der Waals surface area (Å²) in [5, 5.41) is 14.3. The number of alkyl halides is 6. The van der Waals surface area contributed by atoms with Crippen LogP contribution in [0.5, 0.6) is 0 Å². The first-order valence-electron chi connectivity index (χ1n) is 9.12. The van der Waals surface area contributed by atoms with E-state index in [1.54, 1.807) is 24.5 Å². The number of aliphatic hydroxyl groups is 1. The zero-order chi connectivity index (χ0) is 23.7. The zero-order valence-corrected chi connectivity index (χ0v) is 18.8. The van der Waals surface area contributed by atoms with Crippen LogP contribution in [0.1, 0.15) is 19.4 Å². The zero-order valence-electron chi connectivity index (χ0n) is 16.6. The van der Waals surface area contributed by atoms with Gasteiger partial charge in [0.05, 0.1) is 6.54 Å². The van der Waals surface area contributed by atoms with Crippen molar-refractivity contribution in [3.8, 4) is 0 Å². The predicted molar refractivity (Wildman–Crippen MR) is 113 cm³/mol. The highest BCUT2D eigenvalue weighted by molar-refractivity contribution is 14.2. The van der Waals surface area contributed by atoms with E-state index >= 15 is 0 Å². The van der Waals surface area contributed by atoms with Crippen molar-refractivity contribution in [2.24, 2.45) is 3.15 Å². The molecule has 1 aliphatic heterocycles. The van der Waals surface area contributed by atoms with Gasteiger partial charge in [0.25, 0.3) is 5.60 Å². The van der Waals surface area contributed by atoms with Gasteiger partial charge in [-0.2, -0.15) is 39.5 Å². The molecule has 3 heterocycles. The Balaban J connectivity index is 1.92. The standard InChI is InChI=1S/C17H18F6IN7O/c1-9(2)31-13-11(30-24-31)12(26-7-10-4-3-5-25-6-10)28-14(29-13)27-8-15(32,16(18,19)20)17(21,22)23/h3-6,9,32H,7-8H2,1-2H3,(H2,26,27,28,29). The summed E-state index contributed by atoms with van der Waals surface area (Å²) < 4.78 is 84.2. The molecule has 0 bridgehead atoms. The molecule has 0 amide bonds. The third-order valence-electron chi connectivity index (χ3n) is 4.35. The van der Waals surface area contributed by atoms with Crippen molar-refractivity contribution in [1.29, 1.82) is 0 Å². The van der Waals surface area contributed by atoms with Gasteiger partial charge in [0.2, 0.25) is 5.95 Å². The molecule has 2 aromatic heterocycles. The van der Waals surface area contributed by atoms with E-state index < -0.39 is 51.8 Å². The molecule has 2 aromatic rings. The molecule has 176 valence electrons. The molecule has 0 fully saturated rings. The maximum Gasteiger partial charge on any atom is 0.428 e. The van der Waals surface area contributed by atoms with Crippen LogP contribution >= 0.6 is 21.3 Å². The van der Waals surface area contributed by atoms with Crippen LogP contribution in [0.3, 0.4) is 0 Å². The molecule has 15 heteroatoms. The monoisotopic (exact) mass is 577 g/mol. The second-order valence-corrected chi connectivity index (χ2v) is 9.01. The van der Waals surface area contributed by atoms with Crippen molar-refractivity contribution >= 4 is 44.6 Å². The minimum Gasteiger partial charge on any atom is -0.372 e. The molecule has 0 saturated carbocycles. The number of rotatable bonds is 7. The maximum atomic E-state index is 13.0. The van der Waals surface area contributed by atoms with Gasteiger partial charge in [-0.3, -0.25) is 8.10 Å². The van der Waals surface area contributed by atoms with E-state index in [1.807, 2.05) is 22.3 Å². The molecule has 3 N–H and O–H groups in total. The van der Waals surface area contributed by atoms with Gasteiger partial charge < -0.3 is 15.7 Å². The Morgan fingerprint density at radius 3 is 2.34 bits per heavy atom. The molecule has 0 radical (unpaired) electrons. The van der Waals surface area contributed by atoms with Gasteiger partial charge in [-0.15, -0.1) is 0 Å². The van der Waals surface area contributed by atoms with Gasteiger partial charge in [-0.1, -0.05) is 6.07 Å². The van der Waals surface area contributed by atoms with Gasteiger partial charge in [-0.25, -0.2) is 0 Å². The number of hydrogen-bond acceptors (Lipinski definition) is 8. The Labute approximate surface area is 189 Å². The van der Waals surface area contributed by atoms with Gasteiger partial charge >= 0.3 is 12.4 Å². The van der Waals surface area contributed by atoms with Crippen LogP contribution in [0.2, 0.25) is 0 Å². The van der Waals surface area contributed by atoms with Crippen LogP contribution < -0.4 is 13.7 Å². The number of aromatic nitrogens is 3. The second-order valence-electron chi connectivity index (χ2n) is 7.06. The minimum absolute atomic E-state index is 0.0518. The maximum absolute atomic E-state index is 13.0. The first-order chi connectivity index (χ1) is 14.8. The molecule has 0 unspecified atom stereocenters. The van der Waals surface area contributed by atoms with Crippen LogP contribution in [0.4, 0.5) is 49.6 Å². The Hall–Kier alpha value is -2.30. The van der Waals surface area contributed by atoms with Gasteiger partial charge in [-0.05, 0) is 25.5 Å². The quantitative estimate of drug-likeness (QED) is 0.250. The molecule has 0 atom stereocenters. The number of nitrogens with one attached hydrogen (secondary N) is 2. The molecular weight excluding hydrogens is 559 g/mol. The molecule has 0 spiro atoms. The Kier molecular flexibility index (Phi) is 6.78. The van der Waals surface area contributed by atoms with E-state index in [1.165, 1.54) is 0 Å². The Bertz CT molecular complexity index is 970. The van der Waals surface area contributed by atoms with E-state index in [2.05, 4.69) is 23.4 Å². The van der Waals surface area contributed by atoms with Crippen LogP contribution in [0.15, 0.2) is 27.7 Å². The lowest BCUT2D eigenvalue weighted by molar-refractivity contribution is -0.362. The smallest absolute Gasteiger partial charge is 0.372 e. The molecule has 1 aliphatic rings. The van der Waals surface area contributed by atoms with Crippen molar-refractivity contribution < 1.29 is 31.4 Å². The first-order valence-corrected chi connectivity index (χ1v) is 11.1. The fourth-order valence-electron chi connectivity index (χ4n) is 2.57. The highest BCUT2D eigenvalue weighted by Crippen LogP contribution is 2.47. The summed E-state index contributed by atoms with van der Waals surface area (Å²) in [4.78, 5) is 12.1. The summed E-state index contributed by atoms with van der Waals surface area (Å²) in [5.41, 5.74) is -3.82. The summed E-state index contributed by atoms with van der Waals surface area (Å²) in [6.45, 7) is 2.04. The number of hydrogen-bond donors (Lipinski definition) is 3. The van der Waals surface area contributed by atoms with Crippen molar-refractivity contribution in [2.75, 3.05) is 20.3 Å². The van der Waals surface area contributed by atoms with Crippen LogP contribution in [-0.4, -0.2) is 50.6 Å². The number of halogens is 7. The average molecular weight is 577 g/mol. The van der Waals surface area contributed by atoms with E-state index in [-0.39, 0.29) is 18.4 Å². The average Bonchev–Trinajstić information content (AvgIpc) is 3.13. The van der Waals surface area contributed by atoms with E-state index in [0.717, 1.165) is 5.56 Å². The number of anilines is 3. The molecular formula is C17H18F6IN7O. The largest absolute Gasteiger partial charge is 0.428 e. The fourth-order valence-corrected chi connectivity index (χ4v) is 4.51. The molecule has 0 aromatic carbocycles. The Morgan fingerprint density at radius 1 is 1.09 bits per heavy atom. The third-order valence-corrected chi connectivity index (χ3v) is 7.08. The summed E-state index contributed by atoms with van der Waals surface area (Å²) in [7, 11) is 0. The van der Waals surface area contributed by atoms with Crippen LogP contribution in [-0.2, 0) is 6.54 Å². The third kappa shape index (κ3) is 4.87. The van der Waals surface area contributed by atoms with E-state index in [4.69, 9.17) is 0 Å². The Morgan fingerprint density at radius 2 is 1.78 bits per heavy atom. The second kappa shape index (κ2) is 8.92. The SMILES string of the molecule is CC(C)N1I=Nc2c(NCc3cccnc3)nc(NCC(O)(C(F)(F)F)C(F)(F)F)nc21. The topological polar surface area (TPSA) is 98.6 Å². The molecule has 0 aliphatic carbocycles. The lowest BCUT2D eigenvalue weighted by Gasteiger charge is -2.32. The lowest BCUT2D eigenvalue weighted by Crippen LogP contribution is -2.61. The summed E-state index contributed by atoms with van der Waals surface area (Å²) >= 11 is -0.894. The van der Waals surface area contributed by atoms with Crippen molar-refractivity contribution in [1.82, 2.24) is 15.0 Å². The number of fused-ring (bicyclic) bond motifs is 1. The van der Waals surface area contributed by atoms with Gasteiger partial charge in [0.15, 0.2) is 17.3 Å². The van der Waals surface area contributed by atoms with E-state index in [9.17, 15) is 31.4 Å². The highest BCUT2D eigenvalue weighted by Gasteiger charge is 2.70. The molecule has 32 heavy (non-hydrogen) atoms. The number of pyridine rings is 1.